The van der Waals surface area contributed by atoms with Crippen molar-refractivity contribution in [1.82, 2.24) is 14.8 Å². The standard InChI is InChI=1S/C18H27N3O3/c1-20(2)18(22)13-23-7-5-15-12-24-17-11-21(10-16(15)17)9-14-4-3-6-19-8-14/h3-4,6,8,15-17H,5,7,9-13H2,1-2H3/t15-,16-,17-/m0/s1. The second-order valence-corrected chi connectivity index (χ2v) is 6.98. The molecule has 0 unspecified atom stereocenters. The predicted octanol–water partition coefficient (Wildman–Crippen LogP) is 1.02. The maximum Gasteiger partial charge on any atom is 0.248 e. The summed E-state index contributed by atoms with van der Waals surface area (Å²) in [6, 6.07) is 4.10. The number of amides is 1. The van der Waals surface area contributed by atoms with Crippen LogP contribution >= 0.6 is 0 Å². The van der Waals surface area contributed by atoms with E-state index in [0.717, 1.165) is 32.7 Å². The minimum absolute atomic E-state index is 0.0130. The number of nitrogens with zero attached hydrogens (tertiary/aromatic N) is 3. The zero-order valence-electron chi connectivity index (χ0n) is 14.6. The quantitative estimate of drug-likeness (QED) is 0.698. The van der Waals surface area contributed by atoms with E-state index in [0.29, 0.717) is 24.5 Å². The van der Waals surface area contributed by atoms with Crippen LogP contribution in [0.15, 0.2) is 24.5 Å². The molecule has 1 aromatic rings. The van der Waals surface area contributed by atoms with Crippen molar-refractivity contribution in [2.75, 3.05) is 47.0 Å². The fraction of sp³-hybridized carbons (Fsp3) is 0.667. The Bertz CT molecular complexity index is 538. The normalized spacial score (nSPS) is 26.5. The molecular weight excluding hydrogens is 306 g/mol. The molecule has 3 atom stereocenters. The van der Waals surface area contributed by atoms with E-state index >= 15 is 0 Å². The third kappa shape index (κ3) is 4.32. The largest absolute Gasteiger partial charge is 0.376 e. The molecule has 0 N–H and O–H groups in total. The molecule has 3 heterocycles. The first-order valence-electron chi connectivity index (χ1n) is 8.64. The lowest BCUT2D eigenvalue weighted by atomic mass is 9.91. The number of carbonyl (C=O) groups is 1. The summed E-state index contributed by atoms with van der Waals surface area (Å²) in [5, 5.41) is 0. The molecule has 24 heavy (non-hydrogen) atoms. The SMILES string of the molecule is CN(C)C(=O)COCC[C@H]1CO[C@H]2CN(Cc3cccnc3)C[C@@H]12. The molecule has 2 aliphatic heterocycles. The molecule has 1 aromatic heterocycles. The van der Waals surface area contributed by atoms with Crippen LogP contribution in [0.1, 0.15) is 12.0 Å². The molecule has 2 aliphatic rings. The van der Waals surface area contributed by atoms with E-state index in [1.807, 2.05) is 18.5 Å². The van der Waals surface area contributed by atoms with Crippen molar-refractivity contribution in [3.8, 4) is 0 Å². The summed E-state index contributed by atoms with van der Waals surface area (Å²) >= 11 is 0. The Hall–Kier alpha value is -1.50. The van der Waals surface area contributed by atoms with Crippen molar-refractivity contribution >= 4 is 5.91 Å². The van der Waals surface area contributed by atoms with Crippen LogP contribution in [0.3, 0.4) is 0 Å². The molecule has 0 saturated carbocycles. The van der Waals surface area contributed by atoms with Crippen molar-refractivity contribution in [1.29, 1.82) is 0 Å². The van der Waals surface area contributed by atoms with E-state index in [9.17, 15) is 4.79 Å². The molecule has 6 nitrogen and oxygen atoms in total. The number of fused-ring (bicyclic) bond motifs is 1. The lowest BCUT2D eigenvalue weighted by Gasteiger charge is -2.19. The van der Waals surface area contributed by atoms with Gasteiger partial charge < -0.3 is 14.4 Å². The van der Waals surface area contributed by atoms with Gasteiger partial charge in [-0.1, -0.05) is 6.07 Å². The number of hydrogen-bond donors (Lipinski definition) is 0. The number of rotatable bonds is 7. The fourth-order valence-electron chi connectivity index (χ4n) is 3.58. The Kier molecular flexibility index (Phi) is 5.81. The molecule has 132 valence electrons. The van der Waals surface area contributed by atoms with Gasteiger partial charge in [0.2, 0.25) is 5.91 Å². The first kappa shape index (κ1) is 17.3. The maximum atomic E-state index is 11.5. The van der Waals surface area contributed by atoms with Crippen LogP contribution in [0.2, 0.25) is 0 Å². The topological polar surface area (TPSA) is 54.9 Å². The van der Waals surface area contributed by atoms with E-state index in [4.69, 9.17) is 9.47 Å². The molecular formula is C18H27N3O3. The Labute approximate surface area is 143 Å². The van der Waals surface area contributed by atoms with Gasteiger partial charge >= 0.3 is 0 Å². The summed E-state index contributed by atoms with van der Waals surface area (Å²) < 4.78 is 11.5. The summed E-state index contributed by atoms with van der Waals surface area (Å²) in [6.45, 7) is 4.62. The molecule has 0 spiro atoms. The highest BCUT2D eigenvalue weighted by molar-refractivity contribution is 5.76. The van der Waals surface area contributed by atoms with Gasteiger partial charge in [-0.2, -0.15) is 0 Å². The predicted molar refractivity (Wildman–Crippen MR) is 90.4 cm³/mol. The number of hydrogen-bond acceptors (Lipinski definition) is 5. The number of ether oxygens (including phenoxy) is 2. The van der Waals surface area contributed by atoms with Gasteiger partial charge in [-0.25, -0.2) is 0 Å². The van der Waals surface area contributed by atoms with Gasteiger partial charge in [0.05, 0.1) is 12.7 Å². The number of likely N-dealkylation sites (tertiary alicyclic amines) is 1. The lowest BCUT2D eigenvalue weighted by Crippen LogP contribution is -2.27. The lowest BCUT2D eigenvalue weighted by molar-refractivity contribution is -0.133. The van der Waals surface area contributed by atoms with Gasteiger partial charge in [0, 0.05) is 58.6 Å². The summed E-state index contributed by atoms with van der Waals surface area (Å²) in [4.78, 5) is 19.7. The average Bonchev–Trinajstić information content (AvgIpc) is 3.13. The summed E-state index contributed by atoms with van der Waals surface area (Å²) in [5.74, 6) is 1.12. The Morgan fingerprint density at radius 1 is 1.46 bits per heavy atom. The minimum atomic E-state index is 0.0130. The second kappa shape index (κ2) is 8.05. The van der Waals surface area contributed by atoms with Crippen molar-refractivity contribution in [2.24, 2.45) is 11.8 Å². The molecule has 3 rings (SSSR count). The number of likely N-dealkylation sites (N-methyl/N-ethyl adjacent to an activating group) is 1. The van der Waals surface area contributed by atoms with E-state index in [-0.39, 0.29) is 12.5 Å². The van der Waals surface area contributed by atoms with Crippen LogP contribution < -0.4 is 0 Å². The molecule has 0 radical (unpaired) electrons. The Morgan fingerprint density at radius 3 is 3.08 bits per heavy atom. The van der Waals surface area contributed by atoms with Crippen LogP contribution in [-0.4, -0.2) is 73.8 Å². The molecule has 2 saturated heterocycles. The number of carbonyl (C=O) groups excluding carboxylic acids is 1. The molecule has 0 aromatic carbocycles. The highest BCUT2D eigenvalue weighted by Gasteiger charge is 2.43. The average molecular weight is 333 g/mol. The summed E-state index contributed by atoms with van der Waals surface area (Å²) in [7, 11) is 3.49. The Balaban J connectivity index is 1.41. The van der Waals surface area contributed by atoms with Gasteiger partial charge in [-0.05, 0) is 24.0 Å². The van der Waals surface area contributed by atoms with E-state index in [1.165, 1.54) is 5.56 Å². The third-order valence-electron chi connectivity index (χ3n) is 5.00. The Morgan fingerprint density at radius 2 is 2.33 bits per heavy atom. The molecule has 6 heteroatoms. The van der Waals surface area contributed by atoms with Gasteiger partial charge in [-0.15, -0.1) is 0 Å². The first-order valence-corrected chi connectivity index (χ1v) is 8.64. The molecule has 0 bridgehead atoms. The van der Waals surface area contributed by atoms with Crippen molar-refractivity contribution < 1.29 is 14.3 Å². The summed E-state index contributed by atoms with van der Waals surface area (Å²) in [6.07, 6.45) is 5.04. The molecule has 2 fully saturated rings. The maximum absolute atomic E-state index is 11.5. The van der Waals surface area contributed by atoms with Gasteiger partial charge in [0.25, 0.3) is 0 Å². The van der Waals surface area contributed by atoms with E-state index in [1.54, 1.807) is 19.0 Å². The fourth-order valence-corrected chi connectivity index (χ4v) is 3.58. The van der Waals surface area contributed by atoms with Crippen molar-refractivity contribution in [3.63, 3.8) is 0 Å². The number of pyridine rings is 1. The molecule has 1 amide bonds. The zero-order chi connectivity index (χ0) is 16.9. The van der Waals surface area contributed by atoms with Crippen LogP contribution in [-0.2, 0) is 20.8 Å². The second-order valence-electron chi connectivity index (χ2n) is 6.98. The van der Waals surface area contributed by atoms with E-state index < -0.39 is 0 Å². The highest BCUT2D eigenvalue weighted by Crippen LogP contribution is 2.35. The minimum Gasteiger partial charge on any atom is -0.376 e. The van der Waals surface area contributed by atoms with Gasteiger partial charge in [0.15, 0.2) is 0 Å². The number of aromatic nitrogens is 1. The van der Waals surface area contributed by atoms with Crippen molar-refractivity contribution in [3.05, 3.63) is 30.1 Å². The van der Waals surface area contributed by atoms with Gasteiger partial charge in [-0.3, -0.25) is 14.7 Å². The first-order chi connectivity index (χ1) is 11.6. The summed E-state index contributed by atoms with van der Waals surface area (Å²) in [5.41, 5.74) is 1.25. The van der Waals surface area contributed by atoms with Crippen LogP contribution in [0.25, 0.3) is 0 Å². The molecule has 0 aliphatic carbocycles. The monoisotopic (exact) mass is 333 g/mol. The van der Waals surface area contributed by atoms with E-state index in [2.05, 4.69) is 16.0 Å². The zero-order valence-corrected chi connectivity index (χ0v) is 14.6. The van der Waals surface area contributed by atoms with Crippen LogP contribution in [0, 0.1) is 11.8 Å². The van der Waals surface area contributed by atoms with Crippen molar-refractivity contribution in [2.45, 2.75) is 19.1 Å². The highest BCUT2D eigenvalue weighted by atomic mass is 16.5. The third-order valence-corrected chi connectivity index (χ3v) is 5.00. The van der Waals surface area contributed by atoms with Crippen LogP contribution in [0.4, 0.5) is 0 Å². The smallest absolute Gasteiger partial charge is 0.248 e. The van der Waals surface area contributed by atoms with Crippen LogP contribution in [0.5, 0.6) is 0 Å². The van der Waals surface area contributed by atoms with Gasteiger partial charge in [0.1, 0.15) is 6.61 Å².